The first-order valence-electron chi connectivity index (χ1n) is 10.4. The molecule has 2 aliphatic rings. The van der Waals surface area contributed by atoms with Crippen LogP contribution in [0.2, 0.25) is 0 Å². The number of hydrogen-bond donors (Lipinski definition) is 2. The van der Waals surface area contributed by atoms with Crippen LogP contribution in [0.25, 0.3) is 0 Å². The SMILES string of the molecule is O=C1C[C@@H](c2ccc(F)cc2)CC2=C1[C@H](c1cccc([N+](=O)[O-])c1)Nc1ccccc1N2. The van der Waals surface area contributed by atoms with Gasteiger partial charge in [-0.25, -0.2) is 4.39 Å². The van der Waals surface area contributed by atoms with Crippen molar-refractivity contribution in [1.82, 2.24) is 0 Å². The molecule has 1 heterocycles. The number of halogens is 1. The monoisotopic (exact) mass is 429 g/mol. The predicted molar refractivity (Wildman–Crippen MR) is 120 cm³/mol. The van der Waals surface area contributed by atoms with Crippen molar-refractivity contribution in [2.45, 2.75) is 24.8 Å². The number of nitro groups is 1. The lowest BCUT2D eigenvalue weighted by atomic mass is 9.78. The molecule has 32 heavy (non-hydrogen) atoms. The van der Waals surface area contributed by atoms with Crippen molar-refractivity contribution in [1.29, 1.82) is 0 Å². The standard InChI is InChI=1S/C25H20FN3O3/c26-18-10-8-15(9-11-18)17-13-22-24(23(30)14-17)25(16-4-3-5-19(12-16)29(31)32)28-21-7-2-1-6-20(21)27-22/h1-12,17,25,27-28H,13-14H2/t17-,25-/m0/s1. The second-order valence-corrected chi connectivity index (χ2v) is 8.07. The van der Waals surface area contributed by atoms with Crippen LogP contribution in [0.15, 0.2) is 84.1 Å². The summed E-state index contributed by atoms with van der Waals surface area (Å²) < 4.78 is 13.4. The summed E-state index contributed by atoms with van der Waals surface area (Å²) in [6, 6.07) is 19.8. The van der Waals surface area contributed by atoms with Crippen LogP contribution in [0.1, 0.15) is 35.9 Å². The normalized spacial score (nSPS) is 19.8. The zero-order chi connectivity index (χ0) is 22.2. The minimum absolute atomic E-state index is 0.0237. The van der Waals surface area contributed by atoms with Gasteiger partial charge in [-0.2, -0.15) is 0 Å². The van der Waals surface area contributed by atoms with Crippen LogP contribution in [0.4, 0.5) is 21.5 Å². The number of benzene rings is 3. The van der Waals surface area contributed by atoms with E-state index in [0.29, 0.717) is 17.6 Å². The van der Waals surface area contributed by atoms with Crippen molar-refractivity contribution in [3.05, 3.63) is 111 Å². The molecule has 1 aliphatic heterocycles. The van der Waals surface area contributed by atoms with Crippen LogP contribution >= 0.6 is 0 Å². The molecule has 0 saturated heterocycles. The van der Waals surface area contributed by atoms with Gasteiger partial charge in [0.25, 0.3) is 5.69 Å². The summed E-state index contributed by atoms with van der Waals surface area (Å²) in [6.45, 7) is 0. The van der Waals surface area contributed by atoms with E-state index in [0.717, 1.165) is 22.6 Å². The Hall–Kier alpha value is -4.00. The van der Waals surface area contributed by atoms with E-state index in [9.17, 15) is 19.3 Å². The van der Waals surface area contributed by atoms with Gasteiger partial charge >= 0.3 is 0 Å². The second kappa shape index (κ2) is 7.92. The minimum Gasteiger partial charge on any atom is -0.372 e. The fraction of sp³-hybridized carbons (Fsp3) is 0.160. The van der Waals surface area contributed by atoms with E-state index in [-0.39, 0.29) is 29.6 Å². The van der Waals surface area contributed by atoms with E-state index < -0.39 is 11.0 Å². The Balaban J connectivity index is 1.61. The zero-order valence-electron chi connectivity index (χ0n) is 17.0. The molecular formula is C25H20FN3O3. The van der Waals surface area contributed by atoms with E-state index in [1.54, 1.807) is 24.3 Å². The lowest BCUT2D eigenvalue weighted by Gasteiger charge is -2.30. The minimum atomic E-state index is -0.525. The third-order valence-electron chi connectivity index (χ3n) is 6.06. The third kappa shape index (κ3) is 3.62. The summed E-state index contributed by atoms with van der Waals surface area (Å²) in [4.78, 5) is 24.3. The van der Waals surface area contributed by atoms with Gasteiger partial charge in [0.2, 0.25) is 0 Å². The summed E-state index contributed by atoms with van der Waals surface area (Å²) in [7, 11) is 0. The smallest absolute Gasteiger partial charge is 0.269 e. The van der Waals surface area contributed by atoms with Crippen molar-refractivity contribution in [2.24, 2.45) is 0 Å². The average Bonchev–Trinajstić information content (AvgIpc) is 2.96. The Bertz CT molecular complexity index is 1250. The highest BCUT2D eigenvalue weighted by atomic mass is 19.1. The van der Waals surface area contributed by atoms with Crippen LogP contribution in [0.3, 0.4) is 0 Å². The number of carbonyl (C=O) groups is 1. The average molecular weight is 429 g/mol. The number of rotatable bonds is 3. The molecule has 0 spiro atoms. The number of fused-ring (bicyclic) bond motifs is 1. The van der Waals surface area contributed by atoms with Crippen molar-refractivity contribution in [3.8, 4) is 0 Å². The first-order chi connectivity index (χ1) is 15.5. The Labute approximate surface area is 183 Å². The molecule has 160 valence electrons. The van der Waals surface area contributed by atoms with Gasteiger partial charge in [0.05, 0.1) is 22.3 Å². The molecule has 0 radical (unpaired) electrons. The first-order valence-corrected chi connectivity index (χ1v) is 10.4. The van der Waals surface area contributed by atoms with Crippen LogP contribution in [0.5, 0.6) is 0 Å². The van der Waals surface area contributed by atoms with Gasteiger partial charge in [-0.3, -0.25) is 14.9 Å². The number of nitrogens with zero attached hydrogens (tertiary/aromatic N) is 1. The van der Waals surface area contributed by atoms with E-state index >= 15 is 0 Å². The summed E-state index contributed by atoms with van der Waals surface area (Å²) in [5.41, 5.74) is 4.54. The van der Waals surface area contributed by atoms with Crippen LogP contribution in [-0.4, -0.2) is 10.7 Å². The quantitative estimate of drug-likeness (QED) is 0.411. The van der Waals surface area contributed by atoms with Gasteiger partial charge in [-0.1, -0.05) is 36.4 Å². The van der Waals surface area contributed by atoms with Crippen LogP contribution in [-0.2, 0) is 4.79 Å². The van der Waals surface area contributed by atoms with Crippen molar-refractivity contribution >= 4 is 22.8 Å². The summed E-state index contributed by atoms with van der Waals surface area (Å²) in [5.74, 6) is -0.428. The van der Waals surface area contributed by atoms with Gasteiger partial charge in [0, 0.05) is 29.8 Å². The van der Waals surface area contributed by atoms with Gasteiger partial charge in [-0.15, -0.1) is 0 Å². The summed E-state index contributed by atoms with van der Waals surface area (Å²) in [5, 5.41) is 18.2. The number of anilines is 2. The molecule has 2 N–H and O–H groups in total. The van der Waals surface area contributed by atoms with Crippen molar-refractivity contribution in [3.63, 3.8) is 0 Å². The number of nitro benzene ring substituents is 1. The Morgan fingerprint density at radius 3 is 2.41 bits per heavy atom. The van der Waals surface area contributed by atoms with E-state index in [1.165, 1.54) is 24.3 Å². The predicted octanol–water partition coefficient (Wildman–Crippen LogP) is 5.71. The molecule has 0 aromatic heterocycles. The number of hydrogen-bond acceptors (Lipinski definition) is 5. The van der Waals surface area contributed by atoms with Gasteiger partial charge in [0.15, 0.2) is 5.78 Å². The summed E-state index contributed by atoms with van der Waals surface area (Å²) in [6.07, 6.45) is 0.865. The fourth-order valence-corrected chi connectivity index (χ4v) is 4.53. The molecule has 6 nitrogen and oxygen atoms in total. The number of non-ortho nitro benzene ring substituents is 1. The second-order valence-electron chi connectivity index (χ2n) is 8.07. The van der Waals surface area contributed by atoms with Gasteiger partial charge < -0.3 is 10.6 Å². The Morgan fingerprint density at radius 1 is 0.906 bits per heavy atom. The topological polar surface area (TPSA) is 84.3 Å². The number of nitrogens with one attached hydrogen (secondary N) is 2. The van der Waals surface area contributed by atoms with Crippen LogP contribution < -0.4 is 10.6 Å². The third-order valence-corrected chi connectivity index (χ3v) is 6.06. The molecule has 0 bridgehead atoms. The molecule has 3 aromatic carbocycles. The Kier molecular flexibility index (Phi) is 4.93. The molecule has 0 unspecified atom stereocenters. The highest BCUT2D eigenvalue weighted by molar-refractivity contribution is 6.01. The number of para-hydroxylation sites is 2. The van der Waals surface area contributed by atoms with E-state index in [1.807, 2.05) is 24.3 Å². The maximum atomic E-state index is 13.4. The number of carbonyl (C=O) groups excluding carboxylic acids is 1. The molecule has 0 fully saturated rings. The molecule has 0 amide bonds. The number of ketones is 1. The van der Waals surface area contributed by atoms with Crippen LogP contribution in [0, 0.1) is 15.9 Å². The molecule has 7 heteroatoms. The van der Waals surface area contributed by atoms with E-state index in [2.05, 4.69) is 10.6 Å². The zero-order valence-corrected chi connectivity index (χ0v) is 17.0. The Morgan fingerprint density at radius 2 is 1.66 bits per heavy atom. The molecule has 1 aliphatic carbocycles. The highest BCUT2D eigenvalue weighted by Gasteiger charge is 2.36. The number of allylic oxidation sites excluding steroid dienone is 1. The molecular weight excluding hydrogens is 409 g/mol. The molecule has 3 aromatic rings. The lowest BCUT2D eigenvalue weighted by molar-refractivity contribution is -0.384. The molecule has 0 saturated carbocycles. The van der Waals surface area contributed by atoms with Gasteiger partial charge in [-0.05, 0) is 47.7 Å². The lowest BCUT2D eigenvalue weighted by Crippen LogP contribution is -2.26. The van der Waals surface area contributed by atoms with Gasteiger partial charge in [0.1, 0.15) is 5.82 Å². The highest BCUT2D eigenvalue weighted by Crippen LogP contribution is 2.44. The van der Waals surface area contributed by atoms with E-state index in [4.69, 9.17) is 0 Å². The number of Topliss-reactive ketones (excluding diaryl/α,β-unsaturated/α-hetero) is 1. The molecule has 5 rings (SSSR count). The summed E-state index contributed by atoms with van der Waals surface area (Å²) >= 11 is 0. The largest absolute Gasteiger partial charge is 0.372 e. The maximum absolute atomic E-state index is 13.4. The fourth-order valence-electron chi connectivity index (χ4n) is 4.53. The van der Waals surface area contributed by atoms with Crippen molar-refractivity contribution < 1.29 is 14.1 Å². The van der Waals surface area contributed by atoms with Crippen molar-refractivity contribution in [2.75, 3.05) is 10.6 Å². The molecule has 2 atom stereocenters. The first kappa shape index (κ1) is 19.9. The maximum Gasteiger partial charge on any atom is 0.269 e.